The van der Waals surface area contributed by atoms with Crippen LogP contribution < -0.4 is 11.1 Å². The van der Waals surface area contributed by atoms with Crippen LogP contribution in [-0.4, -0.2) is 52.7 Å². The van der Waals surface area contributed by atoms with Crippen LogP contribution in [0.15, 0.2) is 34.9 Å². The van der Waals surface area contributed by atoms with E-state index in [0.717, 1.165) is 5.56 Å². The summed E-state index contributed by atoms with van der Waals surface area (Å²) in [6.45, 7) is 3.18. The number of nitrogens with two attached hydrogens (primary N) is 1. The Morgan fingerprint density at radius 1 is 1.34 bits per heavy atom. The van der Waals surface area contributed by atoms with Gasteiger partial charge in [-0.3, -0.25) is 4.79 Å². The Morgan fingerprint density at radius 2 is 2.03 bits per heavy atom. The molecule has 1 aromatic heterocycles. The number of aromatic nitrogens is 1. The third-order valence-electron chi connectivity index (χ3n) is 4.82. The van der Waals surface area contributed by atoms with Crippen LogP contribution in [0.25, 0.3) is 0 Å². The maximum Gasteiger partial charge on any atom is 0.409 e. The van der Waals surface area contributed by atoms with Crippen molar-refractivity contribution in [3.05, 3.63) is 47.7 Å². The molecule has 2 aromatic rings. The van der Waals surface area contributed by atoms with Gasteiger partial charge in [0, 0.05) is 19.1 Å². The van der Waals surface area contributed by atoms with Crippen molar-refractivity contribution in [2.75, 3.05) is 19.7 Å². The second kappa shape index (κ2) is 9.42. The fourth-order valence-electron chi connectivity index (χ4n) is 3.22. The predicted molar refractivity (Wildman–Crippen MR) is 104 cm³/mol. The molecule has 0 bridgehead atoms. The molecular weight excluding hydrogens is 376 g/mol. The molecule has 1 aromatic carbocycles. The van der Waals surface area contributed by atoms with Gasteiger partial charge in [0.05, 0.1) is 12.6 Å². The second-order valence-electron chi connectivity index (χ2n) is 6.98. The third kappa shape index (κ3) is 5.47. The molecule has 1 fully saturated rings. The Kier molecular flexibility index (Phi) is 6.71. The van der Waals surface area contributed by atoms with Gasteiger partial charge in [-0.15, -0.1) is 0 Å². The number of carbonyl (C=O) groups is 2. The first-order chi connectivity index (χ1) is 14.0. The van der Waals surface area contributed by atoms with Crippen LogP contribution in [-0.2, 0) is 11.2 Å². The number of phenols is 1. The van der Waals surface area contributed by atoms with Gasteiger partial charge in [-0.05, 0) is 43.9 Å². The van der Waals surface area contributed by atoms with E-state index in [0.29, 0.717) is 39.0 Å². The maximum atomic E-state index is 12.5. The van der Waals surface area contributed by atoms with Crippen LogP contribution in [0.4, 0.5) is 4.79 Å². The second-order valence-corrected chi connectivity index (χ2v) is 6.98. The topological polar surface area (TPSA) is 131 Å². The molecule has 0 saturated carbocycles. The summed E-state index contributed by atoms with van der Waals surface area (Å²) in [5, 5.41) is 12.3. The Labute approximate surface area is 168 Å². The minimum Gasteiger partial charge on any atom is -0.508 e. The Hall–Kier alpha value is -3.07. The molecule has 1 unspecified atom stereocenters. The largest absolute Gasteiger partial charge is 0.508 e. The number of carbonyl (C=O) groups excluding carboxylic acids is 2. The number of piperidine rings is 1. The van der Waals surface area contributed by atoms with Crippen molar-refractivity contribution in [3.63, 3.8) is 0 Å². The number of phenolic OH excluding ortho intramolecular Hbond substituents is 1. The molecule has 0 aliphatic carbocycles. The van der Waals surface area contributed by atoms with E-state index < -0.39 is 6.04 Å². The van der Waals surface area contributed by atoms with Crippen molar-refractivity contribution in [1.29, 1.82) is 0 Å². The van der Waals surface area contributed by atoms with Gasteiger partial charge < -0.3 is 30.2 Å². The van der Waals surface area contributed by atoms with Gasteiger partial charge in [0.15, 0.2) is 5.69 Å². The number of likely N-dealkylation sites (tertiary alicyclic amines) is 1. The number of oxazole rings is 1. The monoisotopic (exact) mass is 402 g/mol. The minimum absolute atomic E-state index is 0.0426. The molecular formula is C20H26N4O5. The molecule has 156 valence electrons. The first-order valence-electron chi connectivity index (χ1n) is 9.67. The van der Waals surface area contributed by atoms with Gasteiger partial charge in [0.25, 0.3) is 5.91 Å². The molecule has 1 aliphatic heterocycles. The zero-order valence-corrected chi connectivity index (χ0v) is 16.3. The fraction of sp³-hybridized carbons (Fsp3) is 0.450. The summed E-state index contributed by atoms with van der Waals surface area (Å²) < 4.78 is 10.4. The van der Waals surface area contributed by atoms with Gasteiger partial charge in [-0.1, -0.05) is 12.1 Å². The van der Waals surface area contributed by atoms with E-state index >= 15 is 0 Å². The van der Waals surface area contributed by atoms with Crippen LogP contribution in [0.3, 0.4) is 0 Å². The Morgan fingerprint density at radius 3 is 2.69 bits per heavy atom. The minimum atomic E-state index is -0.506. The van der Waals surface area contributed by atoms with Crippen molar-refractivity contribution in [1.82, 2.24) is 15.2 Å². The van der Waals surface area contributed by atoms with Crippen LogP contribution in [0.5, 0.6) is 5.75 Å². The summed E-state index contributed by atoms with van der Waals surface area (Å²) in [6.07, 6.45) is 2.75. The third-order valence-corrected chi connectivity index (χ3v) is 4.82. The van der Waals surface area contributed by atoms with Crippen LogP contribution >= 0.6 is 0 Å². The van der Waals surface area contributed by atoms with E-state index in [1.54, 1.807) is 36.1 Å². The van der Waals surface area contributed by atoms with Crippen LogP contribution in [0, 0.1) is 0 Å². The number of hydrogen-bond acceptors (Lipinski definition) is 7. The molecule has 2 amide bonds. The summed E-state index contributed by atoms with van der Waals surface area (Å²) in [5.74, 6) is 0.136. The Bertz CT molecular complexity index is 828. The first-order valence-corrected chi connectivity index (χ1v) is 9.67. The lowest BCUT2D eigenvalue weighted by Crippen LogP contribution is -2.46. The molecule has 1 atom stereocenters. The predicted octanol–water partition coefficient (Wildman–Crippen LogP) is 1.97. The molecule has 1 aliphatic rings. The number of aromatic hydroxyl groups is 1. The lowest BCUT2D eigenvalue weighted by molar-refractivity contribution is 0.0856. The van der Waals surface area contributed by atoms with Crippen LogP contribution in [0.2, 0.25) is 0 Å². The Balaban J connectivity index is 1.50. The highest BCUT2D eigenvalue weighted by Crippen LogP contribution is 2.18. The lowest BCUT2D eigenvalue weighted by Gasteiger charge is -2.31. The maximum absolute atomic E-state index is 12.5. The molecule has 29 heavy (non-hydrogen) atoms. The van der Waals surface area contributed by atoms with E-state index in [9.17, 15) is 14.7 Å². The van der Waals surface area contributed by atoms with E-state index in [1.807, 2.05) is 0 Å². The fourth-order valence-corrected chi connectivity index (χ4v) is 3.22. The molecule has 4 N–H and O–H groups in total. The number of hydrogen-bond donors (Lipinski definition) is 3. The molecule has 2 heterocycles. The lowest BCUT2D eigenvalue weighted by atomic mass is 10.1. The van der Waals surface area contributed by atoms with Crippen molar-refractivity contribution < 1.29 is 23.8 Å². The van der Waals surface area contributed by atoms with Crippen molar-refractivity contribution in [2.24, 2.45) is 5.73 Å². The van der Waals surface area contributed by atoms with Gasteiger partial charge in [-0.25, -0.2) is 9.78 Å². The molecule has 9 nitrogen and oxygen atoms in total. The normalized spacial score (nSPS) is 15.7. The summed E-state index contributed by atoms with van der Waals surface area (Å²) in [5.41, 5.74) is 7.23. The number of benzene rings is 1. The molecule has 1 saturated heterocycles. The summed E-state index contributed by atoms with van der Waals surface area (Å²) >= 11 is 0. The SMILES string of the molecule is CCOC(=O)N1CCC(NC(=O)c2coc(C(N)Cc3ccc(O)cc3)n2)CC1. The molecule has 9 heteroatoms. The summed E-state index contributed by atoms with van der Waals surface area (Å²) in [7, 11) is 0. The van der Waals surface area contributed by atoms with E-state index in [1.165, 1.54) is 6.26 Å². The van der Waals surface area contributed by atoms with Crippen molar-refractivity contribution in [3.8, 4) is 5.75 Å². The van der Waals surface area contributed by atoms with Crippen LogP contribution in [0.1, 0.15) is 47.7 Å². The molecule has 0 spiro atoms. The van der Waals surface area contributed by atoms with Gasteiger partial charge in [0.1, 0.15) is 12.0 Å². The van der Waals surface area contributed by atoms with Gasteiger partial charge in [-0.2, -0.15) is 0 Å². The highest BCUT2D eigenvalue weighted by atomic mass is 16.6. The van der Waals surface area contributed by atoms with Gasteiger partial charge >= 0.3 is 6.09 Å². The van der Waals surface area contributed by atoms with Crippen molar-refractivity contribution in [2.45, 2.75) is 38.3 Å². The highest BCUT2D eigenvalue weighted by molar-refractivity contribution is 5.92. The average Bonchev–Trinajstić information content (AvgIpc) is 3.21. The smallest absolute Gasteiger partial charge is 0.409 e. The number of nitrogens with zero attached hydrogens (tertiary/aromatic N) is 2. The zero-order valence-electron chi connectivity index (χ0n) is 16.3. The molecule has 3 rings (SSSR count). The standard InChI is InChI=1S/C20H26N4O5/c1-2-28-20(27)24-9-7-14(8-10-24)22-18(26)17-12-29-19(23-17)16(21)11-13-3-5-15(25)6-4-13/h3-6,12,14,16,25H,2,7-11,21H2,1H3,(H,22,26). The molecule has 0 radical (unpaired) electrons. The van der Waals surface area contributed by atoms with E-state index in [2.05, 4.69) is 10.3 Å². The van der Waals surface area contributed by atoms with E-state index in [-0.39, 0.29) is 35.4 Å². The number of ether oxygens (including phenoxy) is 1. The first kappa shape index (κ1) is 20.7. The number of rotatable bonds is 6. The average molecular weight is 402 g/mol. The number of nitrogens with one attached hydrogen (secondary N) is 1. The summed E-state index contributed by atoms with van der Waals surface area (Å²) in [6, 6.07) is 6.17. The van der Waals surface area contributed by atoms with Gasteiger partial charge in [0.2, 0.25) is 5.89 Å². The van der Waals surface area contributed by atoms with E-state index in [4.69, 9.17) is 14.9 Å². The number of amides is 2. The quantitative estimate of drug-likeness (QED) is 0.673. The summed E-state index contributed by atoms with van der Waals surface area (Å²) in [4.78, 5) is 30.0. The zero-order chi connectivity index (χ0) is 20.8. The highest BCUT2D eigenvalue weighted by Gasteiger charge is 2.26. The van der Waals surface area contributed by atoms with Crippen molar-refractivity contribution >= 4 is 12.0 Å².